The first-order chi connectivity index (χ1) is 14.1. The van der Waals surface area contributed by atoms with Crippen LogP contribution in [0.1, 0.15) is 36.0 Å². The van der Waals surface area contributed by atoms with Crippen molar-refractivity contribution in [2.24, 2.45) is 11.8 Å². The van der Waals surface area contributed by atoms with Gasteiger partial charge in [-0.2, -0.15) is 0 Å². The van der Waals surface area contributed by atoms with Crippen LogP contribution >= 0.6 is 0 Å². The summed E-state index contributed by atoms with van der Waals surface area (Å²) in [5.74, 6) is 1.46. The van der Waals surface area contributed by atoms with Crippen LogP contribution in [-0.4, -0.2) is 78.7 Å². The Morgan fingerprint density at radius 3 is 2.45 bits per heavy atom. The fraction of sp³-hybridized carbons (Fsp3) is 0.636. The average Bonchev–Trinajstić information content (AvgIpc) is 3.54. The van der Waals surface area contributed by atoms with Gasteiger partial charge in [0.05, 0.1) is 6.10 Å². The Kier molecular flexibility index (Phi) is 6.35. The number of piperidine rings is 1. The topological polar surface area (TPSA) is 82.1 Å². The molecule has 1 aromatic carbocycles. The molecule has 1 aromatic rings. The molecule has 3 fully saturated rings. The second kappa shape index (κ2) is 9.13. The first-order valence-electron chi connectivity index (χ1n) is 10.8. The summed E-state index contributed by atoms with van der Waals surface area (Å²) in [7, 11) is 0. The predicted octanol–water partition coefficient (Wildman–Crippen LogP) is 1.47. The van der Waals surface area contributed by atoms with Crippen molar-refractivity contribution >= 4 is 11.8 Å². The second-order valence-electron chi connectivity index (χ2n) is 8.68. The lowest BCUT2D eigenvalue weighted by Gasteiger charge is -2.38. The molecule has 158 valence electrons. The Bertz CT molecular complexity index is 711. The van der Waals surface area contributed by atoms with E-state index in [1.54, 1.807) is 12.1 Å². The minimum atomic E-state index is -0.208. The minimum absolute atomic E-state index is 0.0477. The summed E-state index contributed by atoms with van der Waals surface area (Å²) in [6.45, 7) is 5.31. The van der Waals surface area contributed by atoms with Gasteiger partial charge in [-0.1, -0.05) is 0 Å². The fourth-order valence-corrected chi connectivity index (χ4v) is 4.23. The molecule has 1 saturated carbocycles. The van der Waals surface area contributed by atoms with Crippen molar-refractivity contribution in [3.63, 3.8) is 0 Å². The van der Waals surface area contributed by atoms with E-state index in [0.29, 0.717) is 24.6 Å². The molecule has 0 aromatic heterocycles. The van der Waals surface area contributed by atoms with Gasteiger partial charge >= 0.3 is 0 Å². The molecule has 0 bridgehead atoms. The van der Waals surface area contributed by atoms with Crippen LogP contribution < -0.4 is 5.32 Å². The van der Waals surface area contributed by atoms with Crippen LogP contribution in [0.25, 0.3) is 0 Å². The SMILES string of the molecule is O=C(NC[C@@H]1CN(CC2CCN(CC3CC3)CC2)C(=O)CO1)c1ccc(O)cc1. The van der Waals surface area contributed by atoms with E-state index in [-0.39, 0.29) is 30.3 Å². The molecule has 29 heavy (non-hydrogen) atoms. The number of likely N-dealkylation sites (tertiary alicyclic amines) is 1. The van der Waals surface area contributed by atoms with Crippen molar-refractivity contribution in [3.8, 4) is 5.75 Å². The minimum Gasteiger partial charge on any atom is -0.508 e. The normalized spacial score (nSPS) is 23.9. The number of carbonyl (C=O) groups excluding carboxylic acids is 2. The van der Waals surface area contributed by atoms with Crippen LogP contribution in [0.15, 0.2) is 24.3 Å². The Morgan fingerprint density at radius 1 is 1.07 bits per heavy atom. The third-order valence-corrected chi connectivity index (χ3v) is 6.24. The number of morpholine rings is 1. The standard InChI is InChI=1S/C22H31N3O4/c26-19-5-3-18(4-6-19)22(28)23-11-20-14-25(21(27)15-29-20)13-17-7-9-24(10-8-17)12-16-1-2-16/h3-6,16-17,20,26H,1-2,7-15H2,(H,23,28)/t20-/m1/s1. The summed E-state index contributed by atoms with van der Waals surface area (Å²) in [5.41, 5.74) is 0.490. The van der Waals surface area contributed by atoms with Crippen LogP contribution in [0.3, 0.4) is 0 Å². The van der Waals surface area contributed by atoms with Gasteiger partial charge in [0.15, 0.2) is 0 Å². The van der Waals surface area contributed by atoms with E-state index >= 15 is 0 Å². The molecular weight excluding hydrogens is 370 g/mol. The molecular formula is C22H31N3O4. The maximum atomic E-state index is 12.3. The number of hydrogen-bond acceptors (Lipinski definition) is 5. The zero-order valence-corrected chi connectivity index (χ0v) is 16.9. The Hall–Kier alpha value is -2.12. The van der Waals surface area contributed by atoms with E-state index in [2.05, 4.69) is 10.2 Å². The number of hydrogen-bond donors (Lipinski definition) is 2. The highest BCUT2D eigenvalue weighted by Gasteiger charge is 2.31. The lowest BCUT2D eigenvalue weighted by molar-refractivity contribution is -0.149. The van der Waals surface area contributed by atoms with E-state index in [1.165, 1.54) is 31.5 Å². The summed E-state index contributed by atoms with van der Waals surface area (Å²) in [4.78, 5) is 29.0. The number of phenolic OH excluding ortho intramolecular Hbond substituents is 1. The van der Waals surface area contributed by atoms with Gasteiger partial charge in [0, 0.05) is 31.7 Å². The van der Waals surface area contributed by atoms with E-state index in [0.717, 1.165) is 38.4 Å². The van der Waals surface area contributed by atoms with Gasteiger partial charge in [0.25, 0.3) is 5.91 Å². The number of rotatable bonds is 7. The first-order valence-corrected chi connectivity index (χ1v) is 10.8. The predicted molar refractivity (Wildman–Crippen MR) is 109 cm³/mol. The van der Waals surface area contributed by atoms with Crippen molar-refractivity contribution in [3.05, 3.63) is 29.8 Å². The molecule has 1 atom stereocenters. The Morgan fingerprint density at radius 2 is 1.76 bits per heavy atom. The average molecular weight is 402 g/mol. The fourth-order valence-electron chi connectivity index (χ4n) is 4.23. The van der Waals surface area contributed by atoms with Gasteiger partial charge in [-0.15, -0.1) is 0 Å². The summed E-state index contributed by atoms with van der Waals surface area (Å²) in [6.07, 6.45) is 4.91. The molecule has 0 spiro atoms. The molecule has 7 nitrogen and oxygen atoms in total. The molecule has 2 N–H and O–H groups in total. The molecule has 2 saturated heterocycles. The third kappa shape index (κ3) is 5.70. The van der Waals surface area contributed by atoms with Gasteiger partial charge < -0.3 is 25.0 Å². The summed E-state index contributed by atoms with van der Waals surface area (Å²) >= 11 is 0. The van der Waals surface area contributed by atoms with Crippen molar-refractivity contribution in [2.45, 2.75) is 31.8 Å². The van der Waals surface area contributed by atoms with Crippen molar-refractivity contribution in [1.29, 1.82) is 0 Å². The molecule has 7 heteroatoms. The van der Waals surface area contributed by atoms with Crippen molar-refractivity contribution in [1.82, 2.24) is 15.1 Å². The Labute approximate surface area is 172 Å². The lowest BCUT2D eigenvalue weighted by Crippen LogP contribution is -2.52. The van der Waals surface area contributed by atoms with Gasteiger partial charge in [-0.3, -0.25) is 9.59 Å². The maximum absolute atomic E-state index is 12.3. The number of amides is 2. The van der Waals surface area contributed by atoms with E-state index in [1.807, 2.05) is 4.90 Å². The largest absolute Gasteiger partial charge is 0.508 e. The van der Waals surface area contributed by atoms with Gasteiger partial charge in [0.1, 0.15) is 12.4 Å². The molecule has 0 radical (unpaired) electrons. The highest BCUT2D eigenvalue weighted by Crippen LogP contribution is 2.31. The second-order valence-corrected chi connectivity index (χ2v) is 8.68. The highest BCUT2D eigenvalue weighted by molar-refractivity contribution is 5.94. The summed E-state index contributed by atoms with van der Waals surface area (Å²) < 4.78 is 5.63. The molecule has 4 rings (SSSR count). The molecule has 2 heterocycles. The maximum Gasteiger partial charge on any atom is 0.251 e. The van der Waals surface area contributed by atoms with Crippen LogP contribution in [0, 0.1) is 11.8 Å². The number of benzene rings is 1. The zero-order valence-electron chi connectivity index (χ0n) is 16.9. The summed E-state index contributed by atoms with van der Waals surface area (Å²) in [5, 5.41) is 12.2. The van der Waals surface area contributed by atoms with Crippen molar-refractivity contribution in [2.75, 3.05) is 45.9 Å². The van der Waals surface area contributed by atoms with Crippen LogP contribution in [0.4, 0.5) is 0 Å². The Balaban J connectivity index is 1.21. The lowest BCUT2D eigenvalue weighted by atomic mass is 9.95. The van der Waals surface area contributed by atoms with Crippen LogP contribution in [-0.2, 0) is 9.53 Å². The number of carbonyl (C=O) groups is 2. The van der Waals surface area contributed by atoms with Gasteiger partial charge in [-0.25, -0.2) is 0 Å². The molecule has 2 amide bonds. The molecule has 0 unspecified atom stereocenters. The smallest absolute Gasteiger partial charge is 0.251 e. The number of aromatic hydroxyl groups is 1. The first kappa shape index (κ1) is 20.2. The number of phenols is 1. The monoisotopic (exact) mass is 401 g/mol. The van der Waals surface area contributed by atoms with Crippen LogP contribution in [0.2, 0.25) is 0 Å². The molecule has 2 aliphatic heterocycles. The van der Waals surface area contributed by atoms with E-state index in [9.17, 15) is 14.7 Å². The van der Waals surface area contributed by atoms with Gasteiger partial charge in [-0.05, 0) is 74.9 Å². The van der Waals surface area contributed by atoms with Crippen molar-refractivity contribution < 1.29 is 19.4 Å². The number of ether oxygens (including phenoxy) is 1. The number of nitrogens with zero attached hydrogens (tertiary/aromatic N) is 2. The number of nitrogens with one attached hydrogen (secondary N) is 1. The van der Waals surface area contributed by atoms with E-state index in [4.69, 9.17) is 4.74 Å². The zero-order chi connectivity index (χ0) is 20.2. The highest BCUT2D eigenvalue weighted by atomic mass is 16.5. The molecule has 1 aliphatic carbocycles. The quantitative estimate of drug-likeness (QED) is 0.723. The van der Waals surface area contributed by atoms with Gasteiger partial charge in [0.2, 0.25) is 5.91 Å². The molecule has 3 aliphatic rings. The third-order valence-electron chi connectivity index (χ3n) is 6.24. The van der Waals surface area contributed by atoms with E-state index < -0.39 is 0 Å². The van der Waals surface area contributed by atoms with Crippen LogP contribution in [0.5, 0.6) is 5.75 Å². The summed E-state index contributed by atoms with van der Waals surface area (Å²) in [6, 6.07) is 6.14.